The fourth-order valence-corrected chi connectivity index (χ4v) is 4.89. The molecule has 0 fully saturated rings. The lowest BCUT2D eigenvalue weighted by Gasteiger charge is -2.10. The van der Waals surface area contributed by atoms with Crippen molar-refractivity contribution in [2.24, 2.45) is 5.73 Å². The van der Waals surface area contributed by atoms with Gasteiger partial charge in [-0.2, -0.15) is 0 Å². The normalized spacial score (nSPS) is 13.5. The minimum Gasteiger partial charge on any atom is -0.493 e. The maximum atomic E-state index is 13.3. The number of H-pyrrole nitrogens is 1. The van der Waals surface area contributed by atoms with E-state index in [1.54, 1.807) is 46.8 Å². The molecule has 4 N–H and O–H groups in total. The summed E-state index contributed by atoms with van der Waals surface area (Å²) in [6, 6.07) is 7.28. The number of aryl methyl sites for hydroxylation is 1. The van der Waals surface area contributed by atoms with Crippen LogP contribution in [0.2, 0.25) is 0 Å². The maximum absolute atomic E-state index is 13.3. The maximum Gasteiger partial charge on any atom is 0.259 e. The Morgan fingerprint density at radius 1 is 0.784 bits per heavy atom. The number of fused-ring (bicyclic) bond motifs is 2. The first-order valence-corrected chi connectivity index (χ1v) is 11.7. The van der Waals surface area contributed by atoms with Gasteiger partial charge in [0, 0.05) is 58.5 Å². The van der Waals surface area contributed by atoms with E-state index >= 15 is 0 Å². The number of hydrogen-bond donors (Lipinski definition) is 3. The highest BCUT2D eigenvalue weighted by Gasteiger charge is 2.35. The Balaban J connectivity index is 1.80. The highest BCUT2D eigenvalue weighted by molar-refractivity contribution is 6.50. The van der Waals surface area contributed by atoms with Crippen LogP contribution in [0.5, 0.6) is 23.0 Å². The van der Waals surface area contributed by atoms with Gasteiger partial charge in [-0.15, -0.1) is 0 Å². The van der Waals surface area contributed by atoms with Crippen LogP contribution in [0.15, 0.2) is 36.7 Å². The molecule has 2 aromatic heterocycles. The quantitative estimate of drug-likeness (QED) is 0.299. The zero-order valence-corrected chi connectivity index (χ0v) is 21.1. The molecule has 1 aliphatic heterocycles. The van der Waals surface area contributed by atoms with Crippen LogP contribution in [0.3, 0.4) is 0 Å². The van der Waals surface area contributed by atoms with Crippen molar-refractivity contribution in [3.8, 4) is 23.0 Å². The van der Waals surface area contributed by atoms with Gasteiger partial charge in [-0.05, 0) is 25.1 Å². The van der Waals surface area contributed by atoms with Crippen LogP contribution in [0.4, 0.5) is 0 Å². The first kappa shape index (κ1) is 24.3. The number of amides is 2. The van der Waals surface area contributed by atoms with E-state index in [0.717, 1.165) is 28.2 Å². The molecule has 0 radical (unpaired) electrons. The number of hydrogen-bond acceptors (Lipinski definition) is 7. The summed E-state index contributed by atoms with van der Waals surface area (Å²) in [6.45, 7) is 1.14. The molecule has 0 saturated heterocycles. The SMILES string of the molecule is COc1cc2[nH]cc(C3=C(c4cn(CCCN)c5cc(OC)c(OC)cc45)C(=O)NC3=O)c2cc1OC. The van der Waals surface area contributed by atoms with E-state index in [0.29, 0.717) is 47.2 Å². The summed E-state index contributed by atoms with van der Waals surface area (Å²) in [5.41, 5.74) is 9.10. The van der Waals surface area contributed by atoms with Crippen molar-refractivity contribution in [2.45, 2.75) is 13.0 Å². The van der Waals surface area contributed by atoms with Crippen LogP contribution >= 0.6 is 0 Å². The van der Waals surface area contributed by atoms with Gasteiger partial charge in [0.25, 0.3) is 11.8 Å². The van der Waals surface area contributed by atoms with Crippen LogP contribution in [-0.2, 0) is 16.1 Å². The molecule has 0 unspecified atom stereocenters. The lowest BCUT2D eigenvalue weighted by atomic mass is 9.95. The molecular weight excluding hydrogens is 476 g/mol. The minimum atomic E-state index is -0.473. The fraction of sp³-hybridized carbons (Fsp3) is 0.259. The molecule has 37 heavy (non-hydrogen) atoms. The lowest BCUT2D eigenvalue weighted by Crippen LogP contribution is -2.22. The molecule has 2 amide bonds. The number of carbonyl (C=O) groups excluding carboxylic acids is 2. The van der Waals surface area contributed by atoms with Gasteiger partial charge in [-0.1, -0.05) is 0 Å². The molecule has 0 aliphatic carbocycles. The largest absolute Gasteiger partial charge is 0.493 e. The second-order valence-electron chi connectivity index (χ2n) is 8.59. The predicted octanol–water partition coefficient (Wildman–Crippen LogP) is 3.07. The fourth-order valence-electron chi connectivity index (χ4n) is 4.89. The van der Waals surface area contributed by atoms with Gasteiger partial charge in [-0.25, -0.2) is 0 Å². The number of aromatic nitrogens is 2. The third kappa shape index (κ3) is 3.86. The number of nitrogens with two attached hydrogens (primary N) is 1. The lowest BCUT2D eigenvalue weighted by molar-refractivity contribution is -0.122. The molecule has 4 aromatic rings. The highest BCUT2D eigenvalue weighted by atomic mass is 16.5. The average molecular weight is 505 g/mol. The molecule has 0 spiro atoms. The molecule has 1 aliphatic rings. The van der Waals surface area contributed by atoms with Gasteiger partial charge in [0.05, 0.1) is 45.1 Å². The number of nitrogens with zero attached hydrogens (tertiary/aromatic N) is 1. The Labute approximate surface area is 212 Å². The molecule has 10 heteroatoms. The van der Waals surface area contributed by atoms with Crippen molar-refractivity contribution in [3.63, 3.8) is 0 Å². The van der Waals surface area contributed by atoms with Crippen molar-refractivity contribution < 1.29 is 28.5 Å². The van der Waals surface area contributed by atoms with Gasteiger partial charge < -0.3 is 34.2 Å². The van der Waals surface area contributed by atoms with Crippen molar-refractivity contribution >= 4 is 44.8 Å². The first-order valence-electron chi connectivity index (χ1n) is 11.7. The highest BCUT2D eigenvalue weighted by Crippen LogP contribution is 2.43. The van der Waals surface area contributed by atoms with Crippen LogP contribution in [0.1, 0.15) is 17.5 Å². The smallest absolute Gasteiger partial charge is 0.259 e. The van der Waals surface area contributed by atoms with E-state index < -0.39 is 11.8 Å². The van der Waals surface area contributed by atoms with Crippen LogP contribution < -0.4 is 30.0 Å². The summed E-state index contributed by atoms with van der Waals surface area (Å²) in [5.74, 6) is 1.20. The Hall–Kier alpha value is -4.44. The molecule has 2 aromatic carbocycles. The van der Waals surface area contributed by atoms with E-state index in [1.807, 2.05) is 22.9 Å². The summed E-state index contributed by atoms with van der Waals surface area (Å²) in [6.07, 6.45) is 4.33. The van der Waals surface area contributed by atoms with Gasteiger partial charge in [0.1, 0.15) is 0 Å². The zero-order valence-electron chi connectivity index (χ0n) is 21.1. The third-order valence-electron chi connectivity index (χ3n) is 6.65. The van der Waals surface area contributed by atoms with Crippen molar-refractivity contribution in [1.29, 1.82) is 0 Å². The summed E-state index contributed by atoms with van der Waals surface area (Å²) in [4.78, 5) is 29.6. The van der Waals surface area contributed by atoms with E-state index in [-0.39, 0.29) is 11.1 Å². The van der Waals surface area contributed by atoms with E-state index in [4.69, 9.17) is 24.7 Å². The van der Waals surface area contributed by atoms with Gasteiger partial charge in [0.15, 0.2) is 23.0 Å². The third-order valence-corrected chi connectivity index (χ3v) is 6.65. The Kier molecular flexibility index (Phi) is 6.26. The standard InChI is InChI=1S/C27H28N4O6/c1-34-20-8-14-16(12-29-18(14)10-22(20)36-3)24-25(27(33)30-26(24)32)17-13-31(7-5-6-28)19-11-23(37-4)21(35-2)9-15(17)19/h8-13,29H,5-7,28H2,1-4H3,(H,30,32,33). The minimum absolute atomic E-state index is 0.274. The number of benzene rings is 2. The molecule has 3 heterocycles. The Morgan fingerprint density at radius 2 is 1.35 bits per heavy atom. The Morgan fingerprint density at radius 3 is 1.97 bits per heavy atom. The Bertz CT molecular complexity index is 1580. The number of rotatable bonds is 9. The molecule has 0 bridgehead atoms. The summed E-state index contributed by atoms with van der Waals surface area (Å²) < 4.78 is 23.9. The average Bonchev–Trinajstić information content (AvgIpc) is 3.56. The van der Waals surface area contributed by atoms with Gasteiger partial charge >= 0.3 is 0 Å². The number of imide groups is 1. The molecule has 0 saturated carbocycles. The van der Waals surface area contributed by atoms with Crippen molar-refractivity contribution in [1.82, 2.24) is 14.9 Å². The van der Waals surface area contributed by atoms with Gasteiger partial charge in [0.2, 0.25) is 0 Å². The summed E-state index contributed by atoms with van der Waals surface area (Å²) >= 11 is 0. The number of carbonyl (C=O) groups is 2. The van der Waals surface area contributed by atoms with Crippen LogP contribution in [0.25, 0.3) is 33.0 Å². The zero-order chi connectivity index (χ0) is 26.3. The van der Waals surface area contributed by atoms with E-state index in [1.165, 1.54) is 0 Å². The van der Waals surface area contributed by atoms with Crippen molar-refractivity contribution in [3.05, 3.63) is 47.8 Å². The summed E-state index contributed by atoms with van der Waals surface area (Å²) in [7, 11) is 6.23. The molecule has 192 valence electrons. The molecule has 5 rings (SSSR count). The second-order valence-corrected chi connectivity index (χ2v) is 8.59. The summed E-state index contributed by atoms with van der Waals surface area (Å²) in [5, 5.41) is 3.96. The molecular formula is C27H28N4O6. The van der Waals surface area contributed by atoms with Crippen LogP contribution in [0, 0.1) is 0 Å². The second kappa shape index (κ2) is 9.55. The molecule has 0 atom stereocenters. The van der Waals surface area contributed by atoms with E-state index in [9.17, 15) is 9.59 Å². The predicted molar refractivity (Wildman–Crippen MR) is 140 cm³/mol. The van der Waals surface area contributed by atoms with E-state index in [2.05, 4.69) is 10.3 Å². The number of ether oxygens (including phenoxy) is 4. The van der Waals surface area contributed by atoms with Crippen LogP contribution in [-0.4, -0.2) is 56.3 Å². The monoisotopic (exact) mass is 504 g/mol. The number of aromatic amines is 1. The van der Waals surface area contributed by atoms with Gasteiger partial charge in [-0.3, -0.25) is 14.9 Å². The molecule has 10 nitrogen and oxygen atoms in total. The number of nitrogens with one attached hydrogen (secondary N) is 2. The first-order chi connectivity index (χ1) is 17.9. The van der Waals surface area contributed by atoms with Crippen molar-refractivity contribution in [2.75, 3.05) is 35.0 Å². The number of methoxy groups -OCH3 is 4. The topological polar surface area (TPSA) is 130 Å².